The van der Waals surface area contributed by atoms with E-state index in [9.17, 15) is 19.5 Å². The van der Waals surface area contributed by atoms with E-state index in [0.717, 1.165) is 11.3 Å². The number of aliphatic hydroxyl groups is 1. The van der Waals surface area contributed by atoms with Crippen LogP contribution in [-0.2, 0) is 14.3 Å². The van der Waals surface area contributed by atoms with Crippen LogP contribution in [0.1, 0.15) is 32.5 Å². The Morgan fingerprint density at radius 1 is 1.11 bits per heavy atom. The molecular formula is C27H23N3O6S. The first-order chi connectivity index (χ1) is 17.9. The second kappa shape index (κ2) is 11.0. The molecule has 1 fully saturated rings. The number of carbonyl (C=O) groups excluding carboxylic acids is 3. The molecule has 9 nitrogen and oxygen atoms in total. The van der Waals surface area contributed by atoms with E-state index in [1.165, 1.54) is 35.5 Å². The number of anilines is 1. The van der Waals surface area contributed by atoms with Crippen molar-refractivity contribution >= 4 is 39.9 Å². The average molecular weight is 518 g/mol. The Morgan fingerprint density at radius 2 is 1.78 bits per heavy atom. The van der Waals surface area contributed by atoms with Crippen molar-refractivity contribution in [2.24, 2.45) is 0 Å². The third-order valence-corrected chi connectivity index (χ3v) is 6.61. The smallest absolute Gasteiger partial charge is 0.350 e. The van der Waals surface area contributed by atoms with Crippen LogP contribution < -0.4 is 9.64 Å². The normalized spacial score (nSPS) is 16.5. The van der Waals surface area contributed by atoms with E-state index in [0.29, 0.717) is 29.2 Å². The number of hydrogen-bond donors (Lipinski definition) is 1. The Bertz CT molecular complexity index is 1400. The number of amides is 1. The van der Waals surface area contributed by atoms with Gasteiger partial charge in [0.15, 0.2) is 5.13 Å². The van der Waals surface area contributed by atoms with Crippen molar-refractivity contribution in [3.8, 4) is 5.75 Å². The number of carbonyl (C=O) groups is 3. The number of aryl methyl sites for hydroxylation is 1. The van der Waals surface area contributed by atoms with Crippen LogP contribution >= 0.6 is 11.3 Å². The highest BCUT2D eigenvalue weighted by atomic mass is 32.1. The molecule has 0 aliphatic carbocycles. The lowest BCUT2D eigenvalue weighted by Gasteiger charge is -2.23. The van der Waals surface area contributed by atoms with Crippen LogP contribution in [0.15, 0.2) is 79.7 Å². The van der Waals surface area contributed by atoms with Crippen molar-refractivity contribution in [1.29, 1.82) is 0 Å². The van der Waals surface area contributed by atoms with Gasteiger partial charge in [0, 0.05) is 18.0 Å². The van der Waals surface area contributed by atoms with Gasteiger partial charge in [0.1, 0.15) is 29.6 Å². The molecule has 1 aromatic carbocycles. The van der Waals surface area contributed by atoms with Crippen LogP contribution in [0.4, 0.5) is 5.13 Å². The minimum absolute atomic E-state index is 0.0161. The number of hydrogen-bond acceptors (Lipinski definition) is 9. The third kappa shape index (κ3) is 5.05. The minimum atomic E-state index is -1.01. The Labute approximate surface area is 217 Å². The molecule has 0 spiro atoms. The molecular weight excluding hydrogens is 494 g/mol. The molecule has 1 unspecified atom stereocenters. The maximum Gasteiger partial charge on any atom is 0.350 e. The van der Waals surface area contributed by atoms with E-state index in [2.05, 4.69) is 23.1 Å². The fourth-order valence-electron chi connectivity index (χ4n) is 3.79. The van der Waals surface area contributed by atoms with Crippen molar-refractivity contribution < 1.29 is 29.0 Å². The van der Waals surface area contributed by atoms with Crippen molar-refractivity contribution in [3.63, 3.8) is 0 Å². The van der Waals surface area contributed by atoms with Crippen molar-refractivity contribution in [3.05, 3.63) is 101 Å². The zero-order chi connectivity index (χ0) is 26.5. The predicted molar refractivity (Wildman–Crippen MR) is 138 cm³/mol. The number of thiazole rings is 1. The van der Waals surface area contributed by atoms with Crippen molar-refractivity contribution in [1.82, 2.24) is 9.97 Å². The quantitative estimate of drug-likeness (QED) is 0.146. The van der Waals surface area contributed by atoms with E-state index >= 15 is 0 Å². The Kier molecular flexibility index (Phi) is 7.59. The maximum atomic E-state index is 13.3. The van der Waals surface area contributed by atoms with E-state index in [-0.39, 0.29) is 27.9 Å². The van der Waals surface area contributed by atoms with Gasteiger partial charge in [-0.15, -0.1) is 0 Å². The molecule has 1 saturated heterocycles. The molecule has 0 saturated carbocycles. The van der Waals surface area contributed by atoms with Gasteiger partial charge in [-0.3, -0.25) is 19.5 Å². The molecule has 0 radical (unpaired) electrons. The molecule has 2 aromatic heterocycles. The third-order valence-electron chi connectivity index (χ3n) is 5.47. The molecule has 0 bridgehead atoms. The van der Waals surface area contributed by atoms with E-state index in [4.69, 9.17) is 9.47 Å². The SMILES string of the molecule is C=CCOC(=O)c1sc(N2C(=O)C(=O)C(=C(O)c3ccncc3)C2c2ccc(OCC=C)cc2)nc1C. The number of nitrogens with zero attached hydrogens (tertiary/aromatic N) is 3. The van der Waals surface area contributed by atoms with Crippen LogP contribution in [-0.4, -0.2) is 45.9 Å². The zero-order valence-electron chi connectivity index (χ0n) is 19.9. The fourth-order valence-corrected chi connectivity index (χ4v) is 4.77. The maximum absolute atomic E-state index is 13.3. The summed E-state index contributed by atoms with van der Waals surface area (Å²) in [6, 6.07) is 8.83. The lowest BCUT2D eigenvalue weighted by atomic mass is 9.95. The first-order valence-electron chi connectivity index (χ1n) is 11.2. The number of ketones is 1. The van der Waals surface area contributed by atoms with Gasteiger partial charge >= 0.3 is 11.9 Å². The molecule has 37 heavy (non-hydrogen) atoms. The highest BCUT2D eigenvalue weighted by Crippen LogP contribution is 2.44. The summed E-state index contributed by atoms with van der Waals surface area (Å²) in [6.45, 7) is 9.08. The second-order valence-corrected chi connectivity index (χ2v) is 8.85. The number of benzene rings is 1. The van der Waals surface area contributed by atoms with Crippen LogP contribution in [0.3, 0.4) is 0 Å². The van der Waals surface area contributed by atoms with Crippen LogP contribution in [0.5, 0.6) is 5.75 Å². The van der Waals surface area contributed by atoms with E-state index in [1.54, 1.807) is 37.3 Å². The Morgan fingerprint density at radius 3 is 2.43 bits per heavy atom. The monoisotopic (exact) mass is 517 g/mol. The highest BCUT2D eigenvalue weighted by Gasteiger charge is 2.48. The minimum Gasteiger partial charge on any atom is -0.507 e. The highest BCUT2D eigenvalue weighted by molar-refractivity contribution is 7.17. The molecule has 1 N–H and O–H groups in total. The predicted octanol–water partition coefficient (Wildman–Crippen LogP) is 4.38. The molecule has 1 aliphatic heterocycles. The van der Waals surface area contributed by atoms with E-state index < -0.39 is 23.7 Å². The van der Waals surface area contributed by atoms with Crippen molar-refractivity contribution in [2.45, 2.75) is 13.0 Å². The molecule has 3 aromatic rings. The molecule has 1 amide bonds. The van der Waals surface area contributed by atoms with Gasteiger partial charge in [-0.05, 0) is 36.8 Å². The van der Waals surface area contributed by atoms with Crippen LogP contribution in [0.25, 0.3) is 5.76 Å². The number of pyridine rings is 1. The number of esters is 1. The Balaban J connectivity index is 1.84. The van der Waals surface area contributed by atoms with Crippen LogP contribution in [0.2, 0.25) is 0 Å². The molecule has 4 rings (SSSR count). The first-order valence-corrected chi connectivity index (χ1v) is 12.0. The van der Waals surface area contributed by atoms with E-state index in [1.807, 2.05) is 0 Å². The number of Topliss-reactive ketones (excluding diaryl/α,β-unsaturated/α-hetero) is 1. The lowest BCUT2D eigenvalue weighted by molar-refractivity contribution is -0.132. The van der Waals surface area contributed by atoms with Crippen LogP contribution in [0, 0.1) is 6.92 Å². The number of rotatable bonds is 9. The summed E-state index contributed by atoms with van der Waals surface area (Å²) in [6.07, 6.45) is 5.99. The van der Waals surface area contributed by atoms with Gasteiger partial charge in [-0.2, -0.15) is 0 Å². The number of ether oxygens (including phenoxy) is 2. The lowest BCUT2D eigenvalue weighted by Crippen LogP contribution is -2.29. The summed E-state index contributed by atoms with van der Waals surface area (Å²) in [4.78, 5) is 48.8. The van der Waals surface area contributed by atoms with Gasteiger partial charge in [0.2, 0.25) is 0 Å². The molecule has 1 aliphatic rings. The van der Waals surface area contributed by atoms with Gasteiger partial charge in [0.05, 0.1) is 17.3 Å². The summed E-state index contributed by atoms with van der Waals surface area (Å²) in [5.41, 5.74) is 1.09. The van der Waals surface area contributed by atoms with Gasteiger partial charge in [-0.1, -0.05) is 48.8 Å². The summed E-state index contributed by atoms with van der Waals surface area (Å²) < 4.78 is 10.7. The van der Waals surface area contributed by atoms with Gasteiger partial charge < -0.3 is 14.6 Å². The van der Waals surface area contributed by atoms with Gasteiger partial charge in [0.25, 0.3) is 5.78 Å². The zero-order valence-corrected chi connectivity index (χ0v) is 20.7. The molecule has 1 atom stereocenters. The largest absolute Gasteiger partial charge is 0.507 e. The first kappa shape index (κ1) is 25.5. The summed E-state index contributed by atoms with van der Waals surface area (Å²) >= 11 is 0.926. The molecule has 188 valence electrons. The molecule has 3 heterocycles. The average Bonchev–Trinajstić information content (AvgIpc) is 3.43. The standard InChI is InChI=1S/C27H23N3O6S/c1-4-14-35-19-8-6-17(7-9-19)21-20(22(31)18-10-12-28-13-11-18)23(32)25(33)30(21)27-29-16(3)24(37-27)26(34)36-15-5-2/h4-13,21,31H,1-2,14-15H2,3H3. The topological polar surface area (TPSA) is 119 Å². The number of aromatic nitrogens is 2. The fraction of sp³-hybridized carbons (Fsp3) is 0.148. The second-order valence-electron chi connectivity index (χ2n) is 7.87. The number of aliphatic hydroxyl groups excluding tert-OH is 1. The van der Waals surface area contributed by atoms with Crippen molar-refractivity contribution in [2.75, 3.05) is 18.1 Å². The Hall–Kier alpha value is -4.57. The summed E-state index contributed by atoms with van der Waals surface area (Å²) in [7, 11) is 0. The summed E-state index contributed by atoms with van der Waals surface area (Å²) in [5.74, 6) is -2.16. The molecule has 10 heteroatoms. The summed E-state index contributed by atoms with van der Waals surface area (Å²) in [5, 5.41) is 11.3. The van der Waals surface area contributed by atoms with Gasteiger partial charge in [-0.25, -0.2) is 9.78 Å².